The van der Waals surface area contributed by atoms with E-state index in [4.69, 9.17) is 0 Å². The number of likely N-dealkylation sites (tertiary alicyclic amines) is 1. The second-order valence-corrected chi connectivity index (χ2v) is 11.0. The van der Waals surface area contributed by atoms with Crippen molar-refractivity contribution in [2.45, 2.75) is 70.4 Å². The number of carbonyl (C=O) groups excluding carboxylic acids is 1. The first-order valence-corrected chi connectivity index (χ1v) is 13.5. The summed E-state index contributed by atoms with van der Waals surface area (Å²) in [4.78, 5) is 14.8. The number of hydrogen-bond acceptors (Lipinski definition) is 6. The molecule has 8 nitrogen and oxygen atoms in total. The quantitative estimate of drug-likeness (QED) is 0.536. The maximum atomic E-state index is 13.3. The van der Waals surface area contributed by atoms with Crippen molar-refractivity contribution in [3.8, 4) is 0 Å². The van der Waals surface area contributed by atoms with Gasteiger partial charge in [-0.2, -0.15) is 0 Å². The van der Waals surface area contributed by atoms with Crippen LogP contribution in [0.4, 0.5) is 10.1 Å². The SMILES string of the molecule is CCn1c(CN(c2ccc(F)cc2)S(C)(=O)=O)nnc1SCC(=O)N1C(C)CCCC1C. The second-order valence-electron chi connectivity index (χ2n) is 8.11. The number of thioether (sulfide) groups is 1. The number of benzene rings is 1. The summed E-state index contributed by atoms with van der Waals surface area (Å²) in [5, 5.41) is 8.97. The van der Waals surface area contributed by atoms with Gasteiger partial charge in [-0.1, -0.05) is 11.8 Å². The summed E-state index contributed by atoms with van der Waals surface area (Å²) in [6.45, 7) is 6.56. The molecule has 1 aliphatic rings. The Morgan fingerprint density at radius 3 is 2.38 bits per heavy atom. The average Bonchev–Trinajstić information content (AvgIpc) is 3.12. The summed E-state index contributed by atoms with van der Waals surface area (Å²) in [7, 11) is -3.64. The normalized spacial score (nSPS) is 19.2. The van der Waals surface area contributed by atoms with Gasteiger partial charge in [0.15, 0.2) is 11.0 Å². The molecule has 2 aromatic rings. The summed E-state index contributed by atoms with van der Waals surface area (Å²) in [5.74, 6) is 0.336. The van der Waals surface area contributed by atoms with Crippen molar-refractivity contribution in [1.82, 2.24) is 19.7 Å². The van der Waals surface area contributed by atoms with Crippen LogP contribution < -0.4 is 4.31 Å². The van der Waals surface area contributed by atoms with E-state index in [1.54, 1.807) is 0 Å². The molecule has 1 aliphatic heterocycles. The highest BCUT2D eigenvalue weighted by atomic mass is 32.2. The van der Waals surface area contributed by atoms with E-state index in [1.165, 1.54) is 40.3 Å². The number of aromatic nitrogens is 3. The molecule has 32 heavy (non-hydrogen) atoms. The maximum Gasteiger partial charge on any atom is 0.233 e. The van der Waals surface area contributed by atoms with Gasteiger partial charge < -0.3 is 9.47 Å². The van der Waals surface area contributed by atoms with Crippen LogP contribution in [0.2, 0.25) is 0 Å². The van der Waals surface area contributed by atoms with Crippen LogP contribution in [0.1, 0.15) is 45.9 Å². The van der Waals surface area contributed by atoms with E-state index in [-0.39, 0.29) is 30.3 Å². The Bertz CT molecular complexity index is 1030. The Morgan fingerprint density at radius 2 is 1.81 bits per heavy atom. The van der Waals surface area contributed by atoms with E-state index in [2.05, 4.69) is 24.0 Å². The number of carbonyl (C=O) groups is 1. The standard InChI is InChI=1S/C21H30FN5O3S2/c1-5-25-19(13-26(32(4,29)30)18-11-9-17(22)10-12-18)23-24-21(25)31-14-20(28)27-15(2)7-6-8-16(27)3/h9-12,15-16H,5-8,13-14H2,1-4H3. The van der Waals surface area contributed by atoms with Crippen LogP contribution >= 0.6 is 11.8 Å². The van der Waals surface area contributed by atoms with E-state index >= 15 is 0 Å². The summed E-state index contributed by atoms with van der Waals surface area (Å²) >= 11 is 1.31. The molecule has 11 heteroatoms. The van der Waals surface area contributed by atoms with Gasteiger partial charge in [0.1, 0.15) is 5.82 Å². The number of piperidine rings is 1. The molecule has 1 saturated heterocycles. The number of nitrogens with zero attached hydrogens (tertiary/aromatic N) is 5. The van der Waals surface area contributed by atoms with Crippen LogP contribution in [0.3, 0.4) is 0 Å². The third-order valence-corrected chi connectivity index (χ3v) is 7.81. The van der Waals surface area contributed by atoms with Crippen molar-refractivity contribution in [2.75, 3.05) is 16.3 Å². The van der Waals surface area contributed by atoms with Crippen LogP contribution in [0, 0.1) is 5.82 Å². The van der Waals surface area contributed by atoms with Gasteiger partial charge in [0.2, 0.25) is 15.9 Å². The molecular weight excluding hydrogens is 453 g/mol. The van der Waals surface area contributed by atoms with E-state index < -0.39 is 15.8 Å². The van der Waals surface area contributed by atoms with Crippen LogP contribution in [0.15, 0.2) is 29.4 Å². The largest absolute Gasteiger partial charge is 0.337 e. The number of halogens is 1. The van der Waals surface area contributed by atoms with Crippen LogP contribution in [0.25, 0.3) is 0 Å². The lowest BCUT2D eigenvalue weighted by molar-refractivity contribution is -0.134. The molecule has 0 aliphatic carbocycles. The minimum absolute atomic E-state index is 0.0417. The zero-order valence-corrected chi connectivity index (χ0v) is 20.5. The van der Waals surface area contributed by atoms with Crippen molar-refractivity contribution in [3.63, 3.8) is 0 Å². The molecule has 0 saturated carbocycles. The summed E-state index contributed by atoms with van der Waals surface area (Å²) in [6, 6.07) is 5.72. The van der Waals surface area contributed by atoms with Gasteiger partial charge in [-0.3, -0.25) is 9.10 Å². The fourth-order valence-electron chi connectivity index (χ4n) is 4.11. The summed E-state index contributed by atoms with van der Waals surface area (Å²) in [6.07, 6.45) is 4.26. The Labute approximate surface area is 193 Å². The average molecular weight is 484 g/mol. The van der Waals surface area contributed by atoms with Crippen molar-refractivity contribution >= 4 is 33.4 Å². The van der Waals surface area contributed by atoms with Crippen molar-refractivity contribution in [2.24, 2.45) is 0 Å². The second kappa shape index (κ2) is 10.2. The van der Waals surface area contributed by atoms with E-state index in [1.807, 2.05) is 16.4 Å². The molecule has 0 N–H and O–H groups in total. The molecule has 0 spiro atoms. The number of sulfonamides is 1. The monoisotopic (exact) mass is 483 g/mol. The highest BCUT2D eigenvalue weighted by molar-refractivity contribution is 7.99. The lowest BCUT2D eigenvalue weighted by Crippen LogP contribution is -2.48. The zero-order valence-electron chi connectivity index (χ0n) is 18.9. The Balaban J connectivity index is 1.76. The number of hydrogen-bond donors (Lipinski definition) is 0. The molecule has 176 valence electrons. The molecule has 2 heterocycles. The lowest BCUT2D eigenvalue weighted by atomic mass is 9.98. The molecule has 1 aromatic carbocycles. The highest BCUT2D eigenvalue weighted by Crippen LogP contribution is 2.26. The smallest absolute Gasteiger partial charge is 0.233 e. The van der Waals surface area contributed by atoms with Gasteiger partial charge in [0.25, 0.3) is 0 Å². The first kappa shape index (κ1) is 24.5. The van der Waals surface area contributed by atoms with E-state index in [0.717, 1.165) is 25.5 Å². The van der Waals surface area contributed by atoms with E-state index in [0.29, 0.717) is 23.2 Å². The lowest BCUT2D eigenvalue weighted by Gasteiger charge is -2.39. The molecule has 2 atom stereocenters. The third kappa shape index (κ3) is 5.61. The fourth-order valence-corrected chi connectivity index (χ4v) is 5.86. The third-order valence-electron chi connectivity index (χ3n) is 5.72. The van der Waals surface area contributed by atoms with Gasteiger partial charge >= 0.3 is 0 Å². The van der Waals surface area contributed by atoms with Crippen molar-refractivity contribution in [3.05, 3.63) is 35.9 Å². The first-order chi connectivity index (χ1) is 15.1. The van der Waals surface area contributed by atoms with Crippen molar-refractivity contribution < 1.29 is 17.6 Å². The molecule has 1 fully saturated rings. The molecule has 1 amide bonds. The summed E-state index contributed by atoms with van der Waals surface area (Å²) < 4.78 is 41.1. The van der Waals surface area contributed by atoms with Gasteiger partial charge in [-0.15, -0.1) is 10.2 Å². The first-order valence-electron chi connectivity index (χ1n) is 10.7. The van der Waals surface area contributed by atoms with Gasteiger partial charge in [-0.05, 0) is 64.3 Å². The van der Waals surface area contributed by atoms with Crippen LogP contribution in [-0.4, -0.2) is 58.1 Å². The fraction of sp³-hybridized carbons (Fsp3) is 0.571. The molecule has 3 rings (SSSR count). The predicted octanol–water partition coefficient (Wildman–Crippen LogP) is 3.28. The summed E-state index contributed by atoms with van der Waals surface area (Å²) in [5.41, 5.74) is 0.344. The minimum atomic E-state index is -3.64. The molecule has 2 unspecified atom stereocenters. The number of amides is 1. The minimum Gasteiger partial charge on any atom is -0.337 e. The topological polar surface area (TPSA) is 88.4 Å². The molecule has 0 bridgehead atoms. The van der Waals surface area contributed by atoms with Gasteiger partial charge in [0.05, 0.1) is 24.2 Å². The number of anilines is 1. The maximum absolute atomic E-state index is 13.3. The Morgan fingerprint density at radius 1 is 1.19 bits per heavy atom. The van der Waals surface area contributed by atoms with Crippen LogP contribution in [0.5, 0.6) is 0 Å². The van der Waals surface area contributed by atoms with E-state index in [9.17, 15) is 17.6 Å². The molecule has 1 aromatic heterocycles. The molecular formula is C21H30FN5O3S2. The Kier molecular flexibility index (Phi) is 7.81. The zero-order chi connectivity index (χ0) is 23.5. The predicted molar refractivity (Wildman–Crippen MR) is 123 cm³/mol. The van der Waals surface area contributed by atoms with Crippen LogP contribution in [-0.2, 0) is 27.9 Å². The number of rotatable bonds is 8. The van der Waals surface area contributed by atoms with Crippen molar-refractivity contribution in [1.29, 1.82) is 0 Å². The van der Waals surface area contributed by atoms with Gasteiger partial charge in [0, 0.05) is 18.6 Å². The van der Waals surface area contributed by atoms with Gasteiger partial charge in [-0.25, -0.2) is 12.8 Å². The highest BCUT2D eigenvalue weighted by Gasteiger charge is 2.29. The Hall–Kier alpha value is -2.14. The molecule has 0 radical (unpaired) electrons.